The van der Waals surface area contributed by atoms with Gasteiger partial charge in [0.25, 0.3) is 5.56 Å². The number of thiazole rings is 1. The summed E-state index contributed by atoms with van der Waals surface area (Å²) in [6.07, 6.45) is 3.38. The number of rotatable bonds is 9. The molecule has 0 radical (unpaired) electrons. The second-order valence-corrected chi connectivity index (χ2v) is 9.43. The summed E-state index contributed by atoms with van der Waals surface area (Å²) in [4.78, 5) is 43.8. The summed E-state index contributed by atoms with van der Waals surface area (Å²) in [5, 5.41) is 0. The van der Waals surface area contributed by atoms with Crippen molar-refractivity contribution in [3.63, 3.8) is 0 Å². The van der Waals surface area contributed by atoms with Gasteiger partial charge in [-0.25, -0.2) is 14.6 Å². The van der Waals surface area contributed by atoms with Crippen molar-refractivity contribution in [1.82, 2.24) is 4.57 Å². The topological polar surface area (TPSA) is 105 Å². The molecule has 0 fully saturated rings. The van der Waals surface area contributed by atoms with E-state index in [1.54, 1.807) is 69.5 Å². The smallest absolute Gasteiger partial charge is 0.338 e. The van der Waals surface area contributed by atoms with E-state index in [4.69, 9.17) is 18.9 Å². The van der Waals surface area contributed by atoms with E-state index < -0.39 is 18.0 Å². The Labute approximate surface area is 228 Å². The van der Waals surface area contributed by atoms with Gasteiger partial charge in [-0.2, -0.15) is 0 Å². The summed E-state index contributed by atoms with van der Waals surface area (Å²) in [6.45, 7) is 7.58. The Hall–Kier alpha value is -4.44. The van der Waals surface area contributed by atoms with Crippen molar-refractivity contribution in [3.05, 3.63) is 103 Å². The summed E-state index contributed by atoms with van der Waals surface area (Å²) in [7, 11) is 2.84. The van der Waals surface area contributed by atoms with E-state index in [1.807, 2.05) is 6.07 Å². The third kappa shape index (κ3) is 5.56. The minimum atomic E-state index is -0.793. The lowest BCUT2D eigenvalue weighted by Crippen LogP contribution is -2.40. The van der Waals surface area contributed by atoms with Crippen molar-refractivity contribution in [2.45, 2.75) is 19.9 Å². The molecule has 2 heterocycles. The van der Waals surface area contributed by atoms with E-state index in [-0.39, 0.29) is 17.7 Å². The lowest BCUT2D eigenvalue weighted by Gasteiger charge is -2.24. The molecule has 1 atom stereocenters. The van der Waals surface area contributed by atoms with Crippen LogP contribution in [-0.2, 0) is 14.3 Å². The van der Waals surface area contributed by atoms with Crippen LogP contribution in [0.4, 0.5) is 0 Å². The van der Waals surface area contributed by atoms with Crippen molar-refractivity contribution < 1.29 is 28.5 Å². The van der Waals surface area contributed by atoms with Crippen molar-refractivity contribution in [2.24, 2.45) is 4.99 Å². The van der Waals surface area contributed by atoms with Crippen LogP contribution in [0.1, 0.15) is 41.4 Å². The molecule has 0 bridgehead atoms. The highest BCUT2D eigenvalue weighted by Gasteiger charge is 2.33. The number of carbonyl (C=O) groups excluding carboxylic acids is 2. The number of hydrogen-bond acceptors (Lipinski definition) is 9. The predicted molar refractivity (Wildman–Crippen MR) is 147 cm³/mol. The number of hydrogen-bond donors (Lipinski definition) is 0. The average Bonchev–Trinajstić information content (AvgIpc) is 3.25. The number of esters is 2. The molecule has 0 amide bonds. The molecule has 2 aromatic carbocycles. The first-order valence-corrected chi connectivity index (χ1v) is 12.9. The van der Waals surface area contributed by atoms with Gasteiger partial charge in [0.15, 0.2) is 16.3 Å². The number of fused-ring (bicyclic) bond motifs is 1. The van der Waals surface area contributed by atoms with Crippen LogP contribution in [0.2, 0.25) is 0 Å². The van der Waals surface area contributed by atoms with E-state index in [1.165, 1.54) is 23.0 Å². The van der Waals surface area contributed by atoms with Gasteiger partial charge in [0.2, 0.25) is 0 Å². The summed E-state index contributed by atoms with van der Waals surface area (Å²) < 4.78 is 23.1. The number of nitrogens with zero attached hydrogens (tertiary/aromatic N) is 2. The number of methoxy groups -OCH3 is 2. The molecule has 0 N–H and O–H groups in total. The van der Waals surface area contributed by atoms with Crippen LogP contribution in [0, 0.1) is 0 Å². The fraction of sp³-hybridized carbons (Fsp3) is 0.241. The molecule has 1 aliphatic rings. The van der Waals surface area contributed by atoms with E-state index in [2.05, 4.69) is 11.6 Å². The molecule has 1 aliphatic heterocycles. The molecular weight excluding hydrogens is 520 g/mol. The highest BCUT2D eigenvalue weighted by atomic mass is 32.1. The van der Waals surface area contributed by atoms with Crippen LogP contribution in [0.25, 0.3) is 6.08 Å². The van der Waals surface area contributed by atoms with Gasteiger partial charge in [-0.15, -0.1) is 0 Å². The van der Waals surface area contributed by atoms with E-state index in [0.29, 0.717) is 44.3 Å². The van der Waals surface area contributed by atoms with Gasteiger partial charge in [-0.1, -0.05) is 42.2 Å². The molecule has 202 valence electrons. The van der Waals surface area contributed by atoms with Crippen LogP contribution >= 0.6 is 11.3 Å². The first-order chi connectivity index (χ1) is 18.8. The fourth-order valence-electron chi connectivity index (χ4n) is 4.22. The summed E-state index contributed by atoms with van der Waals surface area (Å²) in [5.74, 6) is 0.0255. The van der Waals surface area contributed by atoms with Gasteiger partial charge in [0, 0.05) is 0 Å². The highest BCUT2D eigenvalue weighted by Crippen LogP contribution is 2.31. The molecule has 0 saturated heterocycles. The molecule has 0 saturated carbocycles. The van der Waals surface area contributed by atoms with Crippen molar-refractivity contribution in [3.8, 4) is 11.5 Å². The first-order valence-electron chi connectivity index (χ1n) is 12.1. The second-order valence-electron chi connectivity index (χ2n) is 8.43. The summed E-state index contributed by atoms with van der Waals surface area (Å²) in [6, 6.07) is 11.1. The van der Waals surface area contributed by atoms with Gasteiger partial charge in [0.05, 0.1) is 48.2 Å². The molecule has 1 unspecified atom stereocenters. The molecule has 3 aromatic rings. The maximum absolute atomic E-state index is 13.8. The van der Waals surface area contributed by atoms with Crippen LogP contribution in [-0.4, -0.2) is 43.9 Å². The number of allylic oxidation sites excluding steroid dienone is 1. The minimum absolute atomic E-state index is 0.169. The number of ether oxygens (including phenoxy) is 4. The molecule has 0 aliphatic carbocycles. The highest BCUT2D eigenvalue weighted by molar-refractivity contribution is 7.07. The van der Waals surface area contributed by atoms with Gasteiger partial charge in [-0.05, 0) is 55.3 Å². The lowest BCUT2D eigenvalue weighted by atomic mass is 9.95. The molecule has 0 spiro atoms. The van der Waals surface area contributed by atoms with Gasteiger partial charge in [-0.3, -0.25) is 9.36 Å². The molecular formula is C29H28N2O7S. The zero-order chi connectivity index (χ0) is 28.1. The molecule has 1 aromatic heterocycles. The normalized spacial score (nSPS) is 14.8. The average molecular weight is 549 g/mol. The zero-order valence-corrected chi connectivity index (χ0v) is 22.9. The molecule has 10 heteroatoms. The Morgan fingerprint density at radius 2 is 1.85 bits per heavy atom. The van der Waals surface area contributed by atoms with Crippen LogP contribution in [0.15, 0.2) is 76.2 Å². The SMILES string of the molecule is C=CCOc1ccc(C=c2sc3n(c2=O)C(c2ccc(C(=O)OC)cc2)C(C(=O)OCC)=C(C)N=3)cc1OC. The first kappa shape index (κ1) is 27.6. The fourth-order valence-corrected chi connectivity index (χ4v) is 5.27. The predicted octanol–water partition coefficient (Wildman–Crippen LogP) is 3.16. The van der Waals surface area contributed by atoms with E-state index in [9.17, 15) is 14.4 Å². The van der Waals surface area contributed by atoms with Crippen LogP contribution in [0.5, 0.6) is 11.5 Å². The Balaban J connectivity index is 1.86. The van der Waals surface area contributed by atoms with Crippen molar-refractivity contribution in [1.29, 1.82) is 0 Å². The molecule has 39 heavy (non-hydrogen) atoms. The second kappa shape index (κ2) is 12.0. The Kier molecular flexibility index (Phi) is 8.46. The number of aromatic nitrogens is 1. The summed E-state index contributed by atoms with van der Waals surface area (Å²) in [5.41, 5.74) is 2.09. The maximum atomic E-state index is 13.8. The third-order valence-corrected chi connectivity index (χ3v) is 6.99. The summed E-state index contributed by atoms with van der Waals surface area (Å²) >= 11 is 1.21. The number of carbonyl (C=O) groups is 2. The lowest BCUT2D eigenvalue weighted by molar-refractivity contribution is -0.139. The van der Waals surface area contributed by atoms with Crippen molar-refractivity contribution >= 4 is 29.4 Å². The molecule has 9 nitrogen and oxygen atoms in total. The Morgan fingerprint density at radius 1 is 1.10 bits per heavy atom. The molecule has 4 rings (SSSR count). The standard InChI is InChI=1S/C29H28N2O7S/c1-6-14-38-21-13-8-18(15-22(21)35-4)16-23-26(32)31-25(19-9-11-20(12-10-19)27(33)36-5)24(28(34)37-7-2)17(3)30-29(31)39-23/h6,8-13,15-16,25H,1,7,14H2,2-5H3. The zero-order valence-electron chi connectivity index (χ0n) is 22.1. The van der Waals surface area contributed by atoms with Crippen molar-refractivity contribution in [2.75, 3.05) is 27.4 Å². The largest absolute Gasteiger partial charge is 0.493 e. The quantitative estimate of drug-likeness (QED) is 0.299. The Morgan fingerprint density at radius 3 is 2.49 bits per heavy atom. The van der Waals surface area contributed by atoms with Gasteiger partial charge < -0.3 is 18.9 Å². The number of benzene rings is 2. The van der Waals surface area contributed by atoms with Crippen LogP contribution in [0.3, 0.4) is 0 Å². The van der Waals surface area contributed by atoms with Gasteiger partial charge in [0.1, 0.15) is 6.61 Å². The minimum Gasteiger partial charge on any atom is -0.493 e. The van der Waals surface area contributed by atoms with E-state index in [0.717, 1.165) is 5.56 Å². The van der Waals surface area contributed by atoms with E-state index >= 15 is 0 Å². The Bertz CT molecular complexity index is 1630. The monoisotopic (exact) mass is 548 g/mol. The maximum Gasteiger partial charge on any atom is 0.338 e. The van der Waals surface area contributed by atoms with Gasteiger partial charge >= 0.3 is 11.9 Å². The van der Waals surface area contributed by atoms with Crippen LogP contribution < -0.4 is 24.4 Å². The third-order valence-electron chi connectivity index (χ3n) is 6.01.